The Morgan fingerprint density at radius 3 is 2.50 bits per heavy atom. The molecule has 168 valence electrons. The number of hydrogen-bond donors (Lipinski definition) is 1. The first-order chi connectivity index (χ1) is 15.4. The van der Waals surface area contributed by atoms with E-state index in [4.69, 9.17) is 0 Å². The van der Waals surface area contributed by atoms with Crippen molar-refractivity contribution in [1.82, 2.24) is 9.88 Å². The Bertz CT molecular complexity index is 1190. The number of likely N-dealkylation sites (N-methyl/N-ethyl adjacent to an activating group) is 1. The molecule has 3 aromatic rings. The summed E-state index contributed by atoms with van der Waals surface area (Å²) in [6.45, 7) is 7.07. The van der Waals surface area contributed by atoms with Gasteiger partial charge in [0.25, 0.3) is 15.9 Å². The first kappa shape index (κ1) is 22.4. The van der Waals surface area contributed by atoms with E-state index < -0.39 is 10.0 Å². The lowest BCUT2D eigenvalue weighted by Crippen LogP contribution is -2.30. The van der Waals surface area contributed by atoms with Crippen LogP contribution in [-0.2, 0) is 23.0 Å². The van der Waals surface area contributed by atoms with E-state index in [0.717, 1.165) is 31.7 Å². The molecule has 0 spiro atoms. The normalized spacial score (nSPS) is 14.1. The van der Waals surface area contributed by atoms with Gasteiger partial charge in [0, 0.05) is 36.5 Å². The number of thiazole rings is 1. The lowest BCUT2D eigenvalue weighted by atomic mass is 10.2. The molecular formula is C23H26N4O3S2. The summed E-state index contributed by atoms with van der Waals surface area (Å²) >= 11 is 1.50. The van der Waals surface area contributed by atoms with Crippen molar-refractivity contribution in [2.45, 2.75) is 31.7 Å². The molecule has 1 amide bonds. The lowest BCUT2D eigenvalue weighted by Gasteiger charge is -2.23. The minimum atomic E-state index is -3.73. The van der Waals surface area contributed by atoms with Gasteiger partial charge in [0.15, 0.2) is 5.13 Å². The summed E-state index contributed by atoms with van der Waals surface area (Å²) in [5.74, 6) is -0.303. The Morgan fingerprint density at radius 1 is 1.12 bits per heavy atom. The zero-order valence-electron chi connectivity index (χ0n) is 18.1. The molecular weight excluding hydrogens is 444 g/mol. The van der Waals surface area contributed by atoms with Gasteiger partial charge in [-0.2, -0.15) is 0 Å². The molecule has 0 radical (unpaired) electrons. The van der Waals surface area contributed by atoms with Crippen LogP contribution in [0.1, 0.15) is 34.8 Å². The predicted octanol–water partition coefficient (Wildman–Crippen LogP) is 3.99. The Hall–Kier alpha value is -2.75. The van der Waals surface area contributed by atoms with Gasteiger partial charge in [-0.1, -0.05) is 25.1 Å². The topological polar surface area (TPSA) is 82.6 Å². The number of carbonyl (C=O) groups is 1. The van der Waals surface area contributed by atoms with E-state index in [9.17, 15) is 13.2 Å². The van der Waals surface area contributed by atoms with Crippen LogP contribution < -0.4 is 9.62 Å². The van der Waals surface area contributed by atoms with Crippen LogP contribution in [0.2, 0.25) is 0 Å². The average Bonchev–Trinajstić information content (AvgIpc) is 3.21. The third-order valence-electron chi connectivity index (χ3n) is 5.51. The van der Waals surface area contributed by atoms with Crippen molar-refractivity contribution in [3.8, 4) is 0 Å². The molecule has 0 saturated carbocycles. The maximum Gasteiger partial charge on any atom is 0.264 e. The van der Waals surface area contributed by atoms with Crippen LogP contribution in [0.5, 0.6) is 0 Å². The van der Waals surface area contributed by atoms with Crippen LogP contribution in [0, 0.1) is 0 Å². The molecule has 32 heavy (non-hydrogen) atoms. The first-order valence-corrected chi connectivity index (χ1v) is 12.9. The number of nitrogens with zero attached hydrogens (tertiary/aromatic N) is 3. The van der Waals surface area contributed by atoms with Gasteiger partial charge in [-0.15, -0.1) is 11.3 Å². The number of para-hydroxylation sites is 1. The predicted molar refractivity (Wildman–Crippen MR) is 128 cm³/mol. The van der Waals surface area contributed by atoms with Crippen LogP contribution >= 0.6 is 11.3 Å². The van der Waals surface area contributed by atoms with Gasteiger partial charge in [-0.05, 0) is 49.9 Å². The molecule has 0 bridgehead atoms. The molecule has 1 aliphatic rings. The number of nitrogens with one attached hydrogen (secondary N) is 1. The lowest BCUT2D eigenvalue weighted by molar-refractivity contribution is 0.102. The maximum absolute atomic E-state index is 13.1. The first-order valence-electron chi connectivity index (χ1n) is 10.6. The van der Waals surface area contributed by atoms with Gasteiger partial charge >= 0.3 is 0 Å². The number of fused-ring (bicyclic) bond motifs is 1. The van der Waals surface area contributed by atoms with E-state index in [1.807, 2.05) is 6.07 Å². The van der Waals surface area contributed by atoms with Crippen molar-refractivity contribution < 1.29 is 13.2 Å². The van der Waals surface area contributed by atoms with Gasteiger partial charge in [-0.25, -0.2) is 13.4 Å². The molecule has 9 heteroatoms. The highest BCUT2D eigenvalue weighted by Crippen LogP contribution is 2.29. The minimum Gasteiger partial charge on any atom is -0.298 e. The second-order valence-electron chi connectivity index (χ2n) is 7.49. The molecule has 2 aromatic carbocycles. The summed E-state index contributed by atoms with van der Waals surface area (Å²) in [7, 11) is -3.73. The number of hydrogen-bond acceptors (Lipinski definition) is 6. The summed E-state index contributed by atoms with van der Waals surface area (Å²) in [4.78, 5) is 21.0. The Labute approximate surface area is 192 Å². The summed E-state index contributed by atoms with van der Waals surface area (Å²) in [6.07, 6.45) is 0.886. The summed E-state index contributed by atoms with van der Waals surface area (Å²) < 4.78 is 27.6. The number of rotatable bonds is 7. The zero-order valence-corrected chi connectivity index (χ0v) is 19.7. The minimum absolute atomic E-state index is 0.143. The molecule has 7 nitrogen and oxygen atoms in total. The molecule has 1 aromatic heterocycles. The van der Waals surface area contributed by atoms with Crippen molar-refractivity contribution in [1.29, 1.82) is 0 Å². The highest BCUT2D eigenvalue weighted by atomic mass is 32.2. The smallest absolute Gasteiger partial charge is 0.264 e. The van der Waals surface area contributed by atoms with Crippen molar-refractivity contribution in [2.24, 2.45) is 0 Å². The van der Waals surface area contributed by atoms with Crippen LogP contribution in [0.4, 0.5) is 10.8 Å². The monoisotopic (exact) mass is 470 g/mol. The Balaban J connectivity index is 1.49. The van der Waals surface area contributed by atoms with Crippen LogP contribution in [0.3, 0.4) is 0 Å². The molecule has 1 N–H and O–H groups in total. The molecule has 0 fully saturated rings. The van der Waals surface area contributed by atoms with Crippen molar-refractivity contribution in [2.75, 3.05) is 29.3 Å². The third-order valence-corrected chi connectivity index (χ3v) is 8.43. The Kier molecular flexibility index (Phi) is 6.59. The second-order valence-corrected chi connectivity index (χ2v) is 10.4. The fraction of sp³-hybridized carbons (Fsp3) is 0.304. The van der Waals surface area contributed by atoms with Crippen molar-refractivity contribution in [3.63, 3.8) is 0 Å². The SMILES string of the molecule is CCN1CCc2nc(NC(=O)c3ccc(S(=O)(=O)N(CC)c4ccccc4)cc3)sc2C1. The van der Waals surface area contributed by atoms with Crippen LogP contribution in [0.25, 0.3) is 0 Å². The van der Waals surface area contributed by atoms with Crippen molar-refractivity contribution >= 4 is 38.1 Å². The number of amides is 1. The number of sulfonamides is 1. The van der Waals surface area contributed by atoms with E-state index >= 15 is 0 Å². The fourth-order valence-electron chi connectivity index (χ4n) is 3.73. The van der Waals surface area contributed by atoms with E-state index in [1.54, 1.807) is 31.2 Å². The van der Waals surface area contributed by atoms with Crippen LogP contribution in [0.15, 0.2) is 59.5 Å². The van der Waals surface area contributed by atoms with Crippen molar-refractivity contribution in [3.05, 3.63) is 70.7 Å². The highest BCUT2D eigenvalue weighted by Gasteiger charge is 2.24. The Morgan fingerprint density at radius 2 is 1.84 bits per heavy atom. The number of benzene rings is 2. The van der Waals surface area contributed by atoms with E-state index in [2.05, 4.69) is 22.1 Å². The molecule has 2 heterocycles. The molecule has 0 unspecified atom stereocenters. The maximum atomic E-state index is 13.1. The van der Waals surface area contributed by atoms with Gasteiger partial charge < -0.3 is 0 Å². The van der Waals surface area contributed by atoms with Gasteiger partial charge in [-0.3, -0.25) is 19.3 Å². The highest BCUT2D eigenvalue weighted by molar-refractivity contribution is 7.92. The summed E-state index contributed by atoms with van der Waals surface area (Å²) in [6, 6.07) is 15.0. The third kappa shape index (κ3) is 4.55. The zero-order chi connectivity index (χ0) is 22.7. The summed E-state index contributed by atoms with van der Waals surface area (Å²) in [5.41, 5.74) is 2.04. The fourth-order valence-corrected chi connectivity index (χ4v) is 6.25. The average molecular weight is 471 g/mol. The summed E-state index contributed by atoms with van der Waals surface area (Å²) in [5, 5.41) is 3.44. The van der Waals surface area contributed by atoms with E-state index in [-0.39, 0.29) is 10.8 Å². The quantitative estimate of drug-likeness (QED) is 0.565. The molecule has 0 saturated heterocycles. The number of aromatic nitrogens is 1. The molecule has 1 aliphatic heterocycles. The number of anilines is 2. The van der Waals surface area contributed by atoms with Gasteiger partial charge in [0.2, 0.25) is 0 Å². The largest absolute Gasteiger partial charge is 0.298 e. The number of carbonyl (C=O) groups excluding carboxylic acids is 1. The van der Waals surface area contributed by atoms with Gasteiger partial charge in [0.05, 0.1) is 16.3 Å². The molecule has 4 rings (SSSR count). The molecule has 0 aliphatic carbocycles. The molecule has 0 atom stereocenters. The van der Waals surface area contributed by atoms with E-state index in [1.165, 1.54) is 44.8 Å². The van der Waals surface area contributed by atoms with Gasteiger partial charge in [0.1, 0.15) is 0 Å². The van der Waals surface area contributed by atoms with Crippen LogP contribution in [-0.4, -0.2) is 43.8 Å². The second kappa shape index (κ2) is 9.40. The van der Waals surface area contributed by atoms with E-state index in [0.29, 0.717) is 22.9 Å². The standard InChI is InChI=1S/C23H26N4O3S2/c1-3-26-15-14-20-21(16-26)31-23(24-20)25-22(28)17-10-12-19(13-11-17)32(29,30)27(4-2)18-8-6-5-7-9-18/h5-13H,3-4,14-16H2,1-2H3,(H,24,25,28).